The Kier molecular flexibility index (Phi) is 3.47. The highest BCUT2D eigenvalue weighted by atomic mass is 32.1. The number of halogens is 1. The van der Waals surface area contributed by atoms with Crippen LogP contribution in [0.4, 0.5) is 21.8 Å². The zero-order chi connectivity index (χ0) is 15.0. The summed E-state index contributed by atoms with van der Waals surface area (Å²) in [6.45, 7) is 3.82. The van der Waals surface area contributed by atoms with Gasteiger partial charge in [-0.1, -0.05) is 13.0 Å². The number of hydrogen-bond donors (Lipinski definition) is 2. The Morgan fingerprint density at radius 1 is 1.33 bits per heavy atom. The van der Waals surface area contributed by atoms with E-state index in [0.29, 0.717) is 17.1 Å². The van der Waals surface area contributed by atoms with E-state index in [9.17, 15) is 4.39 Å². The van der Waals surface area contributed by atoms with Gasteiger partial charge in [0.25, 0.3) is 0 Å². The Morgan fingerprint density at radius 3 is 2.90 bits per heavy atom. The fraction of sp³-hybridized carbons (Fsp3) is 0.200. The number of anilines is 3. The molecule has 0 aliphatic heterocycles. The van der Waals surface area contributed by atoms with Crippen LogP contribution in [0.2, 0.25) is 0 Å². The van der Waals surface area contributed by atoms with Gasteiger partial charge in [0.1, 0.15) is 16.5 Å². The Morgan fingerprint density at radius 2 is 2.14 bits per heavy atom. The summed E-state index contributed by atoms with van der Waals surface area (Å²) < 4.78 is 13.6. The lowest BCUT2D eigenvalue weighted by molar-refractivity contribution is 0.619. The summed E-state index contributed by atoms with van der Waals surface area (Å²) in [5, 5.41) is 4.08. The van der Waals surface area contributed by atoms with Crippen molar-refractivity contribution in [2.45, 2.75) is 20.3 Å². The lowest BCUT2D eigenvalue weighted by Crippen LogP contribution is -2.01. The van der Waals surface area contributed by atoms with Gasteiger partial charge in [0, 0.05) is 16.1 Å². The molecule has 0 unspecified atom stereocenters. The molecular weight excluding hydrogens is 287 g/mol. The number of fused-ring (bicyclic) bond motifs is 1. The molecule has 21 heavy (non-hydrogen) atoms. The number of nitrogens with zero attached hydrogens (tertiary/aromatic N) is 2. The number of nitrogens with one attached hydrogen (secondary N) is 1. The van der Waals surface area contributed by atoms with Crippen molar-refractivity contribution in [2.24, 2.45) is 0 Å². The summed E-state index contributed by atoms with van der Waals surface area (Å²) in [5.41, 5.74) is 7.00. The van der Waals surface area contributed by atoms with E-state index in [-0.39, 0.29) is 11.8 Å². The molecule has 0 saturated heterocycles. The molecular formula is C15H15FN4S. The maximum Gasteiger partial charge on any atom is 0.223 e. The lowest BCUT2D eigenvalue weighted by Gasteiger charge is -2.10. The van der Waals surface area contributed by atoms with Gasteiger partial charge in [-0.25, -0.2) is 9.37 Å². The van der Waals surface area contributed by atoms with Gasteiger partial charge in [-0.05, 0) is 31.5 Å². The van der Waals surface area contributed by atoms with Gasteiger partial charge in [-0.3, -0.25) is 0 Å². The molecule has 1 aromatic carbocycles. The first-order chi connectivity index (χ1) is 10.1. The van der Waals surface area contributed by atoms with Crippen LogP contribution in [0, 0.1) is 12.7 Å². The summed E-state index contributed by atoms with van der Waals surface area (Å²) in [5.74, 6) is 0.573. The van der Waals surface area contributed by atoms with Gasteiger partial charge in [-0.2, -0.15) is 4.98 Å². The summed E-state index contributed by atoms with van der Waals surface area (Å²) in [6, 6.07) is 6.97. The smallest absolute Gasteiger partial charge is 0.223 e. The minimum absolute atomic E-state index is 0.212. The van der Waals surface area contributed by atoms with Gasteiger partial charge in [0.05, 0.1) is 5.39 Å². The first-order valence-electron chi connectivity index (χ1n) is 6.66. The molecule has 3 N–H and O–H groups in total. The highest BCUT2D eigenvalue weighted by Crippen LogP contribution is 2.32. The van der Waals surface area contributed by atoms with Crippen LogP contribution in [-0.2, 0) is 6.42 Å². The van der Waals surface area contributed by atoms with E-state index in [4.69, 9.17) is 5.73 Å². The fourth-order valence-electron chi connectivity index (χ4n) is 2.13. The lowest BCUT2D eigenvalue weighted by atomic mass is 10.2. The molecule has 0 saturated carbocycles. The van der Waals surface area contributed by atoms with Crippen LogP contribution in [0.5, 0.6) is 0 Å². The largest absolute Gasteiger partial charge is 0.368 e. The van der Waals surface area contributed by atoms with Gasteiger partial charge in [0.15, 0.2) is 0 Å². The van der Waals surface area contributed by atoms with Crippen LogP contribution in [0.3, 0.4) is 0 Å². The van der Waals surface area contributed by atoms with Crippen LogP contribution in [0.1, 0.15) is 17.4 Å². The first-order valence-corrected chi connectivity index (χ1v) is 7.48. The number of nitrogen functional groups attached to an aromatic ring is 1. The average Bonchev–Trinajstić information content (AvgIpc) is 2.87. The van der Waals surface area contributed by atoms with E-state index < -0.39 is 0 Å². The van der Waals surface area contributed by atoms with E-state index in [1.54, 1.807) is 24.3 Å². The van der Waals surface area contributed by atoms with Crippen molar-refractivity contribution in [3.05, 3.63) is 40.5 Å². The van der Waals surface area contributed by atoms with Crippen LogP contribution in [0.25, 0.3) is 10.2 Å². The molecule has 0 aliphatic rings. The number of thiophene rings is 1. The molecule has 2 aromatic heterocycles. The molecule has 0 radical (unpaired) electrons. The maximum absolute atomic E-state index is 13.6. The summed E-state index contributed by atoms with van der Waals surface area (Å²) in [7, 11) is 0. The summed E-state index contributed by atoms with van der Waals surface area (Å²) in [6.07, 6.45) is 0.930. The van der Waals surface area contributed by atoms with Crippen molar-refractivity contribution >= 4 is 39.0 Å². The molecule has 0 amide bonds. The van der Waals surface area contributed by atoms with Crippen molar-refractivity contribution < 1.29 is 4.39 Å². The minimum Gasteiger partial charge on any atom is -0.368 e. The minimum atomic E-state index is -0.252. The Bertz CT molecular complexity index is 813. The van der Waals surface area contributed by atoms with Crippen LogP contribution in [-0.4, -0.2) is 9.97 Å². The molecule has 0 fully saturated rings. The number of nitrogens with two attached hydrogens (primary N) is 1. The van der Waals surface area contributed by atoms with Crippen molar-refractivity contribution in [1.29, 1.82) is 0 Å². The topological polar surface area (TPSA) is 63.8 Å². The fourth-order valence-corrected chi connectivity index (χ4v) is 3.10. The van der Waals surface area contributed by atoms with Crippen molar-refractivity contribution in [1.82, 2.24) is 9.97 Å². The van der Waals surface area contributed by atoms with Gasteiger partial charge in [0.2, 0.25) is 5.95 Å². The molecule has 2 heterocycles. The van der Waals surface area contributed by atoms with Gasteiger partial charge >= 0.3 is 0 Å². The van der Waals surface area contributed by atoms with Crippen molar-refractivity contribution in [3.63, 3.8) is 0 Å². The molecule has 3 rings (SSSR count). The van der Waals surface area contributed by atoms with Gasteiger partial charge in [-0.15, -0.1) is 11.3 Å². The van der Waals surface area contributed by atoms with E-state index in [1.807, 2.05) is 6.07 Å². The average molecular weight is 302 g/mol. The van der Waals surface area contributed by atoms with Crippen molar-refractivity contribution in [3.8, 4) is 0 Å². The molecule has 0 aliphatic carbocycles. The van der Waals surface area contributed by atoms with Gasteiger partial charge < -0.3 is 11.1 Å². The first kappa shape index (κ1) is 13.8. The molecule has 0 atom stereocenters. The third-order valence-electron chi connectivity index (χ3n) is 3.33. The second-order valence-electron chi connectivity index (χ2n) is 4.75. The van der Waals surface area contributed by atoms with Crippen LogP contribution >= 0.6 is 11.3 Å². The molecule has 0 spiro atoms. The zero-order valence-electron chi connectivity index (χ0n) is 11.8. The normalized spacial score (nSPS) is 11.0. The molecule has 0 bridgehead atoms. The maximum atomic E-state index is 13.6. The number of aryl methyl sites for hydroxylation is 1. The van der Waals surface area contributed by atoms with Crippen LogP contribution < -0.4 is 11.1 Å². The second-order valence-corrected chi connectivity index (χ2v) is 5.87. The Balaban J connectivity index is 2.11. The molecule has 3 aromatic rings. The van der Waals surface area contributed by atoms with E-state index >= 15 is 0 Å². The quantitative estimate of drug-likeness (QED) is 0.767. The van der Waals surface area contributed by atoms with Crippen LogP contribution in [0.15, 0.2) is 24.3 Å². The number of aromatic nitrogens is 2. The third-order valence-corrected chi connectivity index (χ3v) is 4.50. The predicted octanol–water partition coefficient (Wildman–Crippen LogP) is 4.03. The standard InChI is InChI=1S/C15H15FN4S/c1-3-9-7-10-13(19-15(17)20-14(10)21-9)18-12-6-4-5-11(16)8(12)2/h4-7H,3H2,1-2H3,(H3,17,18,19,20). The Hall–Kier alpha value is -2.21. The SMILES string of the molecule is CCc1cc2c(Nc3cccc(F)c3C)nc(N)nc2s1. The van der Waals surface area contributed by atoms with Crippen molar-refractivity contribution in [2.75, 3.05) is 11.1 Å². The number of hydrogen-bond acceptors (Lipinski definition) is 5. The zero-order valence-corrected chi connectivity index (χ0v) is 12.6. The second kappa shape index (κ2) is 5.29. The highest BCUT2D eigenvalue weighted by Gasteiger charge is 2.12. The van der Waals surface area contributed by atoms with E-state index in [2.05, 4.69) is 28.3 Å². The summed E-state index contributed by atoms with van der Waals surface area (Å²) in [4.78, 5) is 10.6. The molecule has 4 nitrogen and oxygen atoms in total. The Labute approximate surface area is 125 Å². The summed E-state index contributed by atoms with van der Waals surface area (Å²) >= 11 is 1.60. The van der Waals surface area contributed by atoms with E-state index in [1.165, 1.54) is 10.9 Å². The third kappa shape index (κ3) is 2.54. The van der Waals surface area contributed by atoms with E-state index in [0.717, 1.165) is 16.6 Å². The molecule has 6 heteroatoms. The predicted molar refractivity (Wildman–Crippen MR) is 85.6 cm³/mol. The number of benzene rings is 1. The monoisotopic (exact) mass is 302 g/mol. The number of rotatable bonds is 3. The highest BCUT2D eigenvalue weighted by molar-refractivity contribution is 7.18. The molecule has 108 valence electrons.